The SMILES string of the molecule is N#Cc1c(NCCN2CCOCC2=O)cccc1-n1cccc1. The molecule has 1 fully saturated rings. The van der Waals surface area contributed by atoms with Crippen molar-refractivity contribution in [2.24, 2.45) is 0 Å². The topological polar surface area (TPSA) is 70.3 Å². The van der Waals surface area contributed by atoms with E-state index >= 15 is 0 Å². The van der Waals surface area contributed by atoms with Crippen molar-refractivity contribution in [2.45, 2.75) is 0 Å². The zero-order valence-corrected chi connectivity index (χ0v) is 12.7. The van der Waals surface area contributed by atoms with Crippen molar-refractivity contribution in [3.05, 3.63) is 48.3 Å². The van der Waals surface area contributed by atoms with Crippen LogP contribution in [0.2, 0.25) is 0 Å². The van der Waals surface area contributed by atoms with Gasteiger partial charge in [-0.25, -0.2) is 0 Å². The Labute approximate surface area is 134 Å². The largest absolute Gasteiger partial charge is 0.382 e. The maximum atomic E-state index is 11.7. The molecule has 3 rings (SSSR count). The first-order valence-electron chi connectivity index (χ1n) is 7.55. The monoisotopic (exact) mass is 310 g/mol. The van der Waals surface area contributed by atoms with Gasteiger partial charge in [-0.1, -0.05) is 6.07 Å². The van der Waals surface area contributed by atoms with Gasteiger partial charge in [0.2, 0.25) is 5.91 Å². The first-order chi connectivity index (χ1) is 11.3. The molecule has 1 N–H and O–H groups in total. The minimum Gasteiger partial charge on any atom is -0.382 e. The number of morpholine rings is 1. The number of aromatic nitrogens is 1. The minimum absolute atomic E-state index is 0.0136. The van der Waals surface area contributed by atoms with Gasteiger partial charge in [0.25, 0.3) is 0 Å². The molecule has 0 unspecified atom stereocenters. The summed E-state index contributed by atoms with van der Waals surface area (Å²) in [4.78, 5) is 13.5. The van der Waals surface area contributed by atoms with Gasteiger partial charge in [0.15, 0.2) is 0 Å². The van der Waals surface area contributed by atoms with Gasteiger partial charge < -0.3 is 19.5 Å². The van der Waals surface area contributed by atoms with E-state index in [1.165, 1.54) is 0 Å². The number of nitriles is 1. The number of carbonyl (C=O) groups excluding carboxylic acids is 1. The fraction of sp³-hybridized carbons (Fsp3) is 0.294. The Balaban J connectivity index is 1.69. The van der Waals surface area contributed by atoms with Crippen molar-refractivity contribution in [3.8, 4) is 11.8 Å². The molecule has 6 nitrogen and oxygen atoms in total. The first kappa shape index (κ1) is 15.1. The third-order valence-corrected chi connectivity index (χ3v) is 3.82. The van der Waals surface area contributed by atoms with Crippen LogP contribution < -0.4 is 5.32 Å². The van der Waals surface area contributed by atoms with Crippen molar-refractivity contribution in [1.82, 2.24) is 9.47 Å². The molecule has 0 bridgehead atoms. The highest BCUT2D eigenvalue weighted by Gasteiger charge is 2.18. The molecule has 1 saturated heterocycles. The smallest absolute Gasteiger partial charge is 0.248 e. The van der Waals surface area contributed by atoms with Crippen molar-refractivity contribution in [2.75, 3.05) is 38.2 Å². The average Bonchev–Trinajstić information content (AvgIpc) is 3.10. The second-order valence-electron chi connectivity index (χ2n) is 5.26. The fourth-order valence-electron chi connectivity index (χ4n) is 2.63. The molecule has 23 heavy (non-hydrogen) atoms. The molecule has 0 atom stereocenters. The van der Waals surface area contributed by atoms with Crippen molar-refractivity contribution in [3.63, 3.8) is 0 Å². The van der Waals surface area contributed by atoms with Crippen LogP contribution in [0.4, 0.5) is 5.69 Å². The summed E-state index contributed by atoms with van der Waals surface area (Å²) in [5, 5.41) is 12.8. The van der Waals surface area contributed by atoms with E-state index in [-0.39, 0.29) is 12.5 Å². The minimum atomic E-state index is 0.0136. The summed E-state index contributed by atoms with van der Waals surface area (Å²) < 4.78 is 7.02. The molecule has 1 aliphatic heterocycles. The molecule has 0 radical (unpaired) electrons. The van der Waals surface area contributed by atoms with Crippen LogP contribution in [0.3, 0.4) is 0 Å². The molecule has 0 spiro atoms. The van der Waals surface area contributed by atoms with Crippen LogP contribution in [0, 0.1) is 11.3 Å². The van der Waals surface area contributed by atoms with E-state index in [0.717, 1.165) is 11.4 Å². The van der Waals surface area contributed by atoms with Crippen LogP contribution in [0.15, 0.2) is 42.7 Å². The molecule has 1 aromatic carbocycles. The number of rotatable bonds is 5. The van der Waals surface area contributed by atoms with Gasteiger partial charge in [-0.15, -0.1) is 0 Å². The van der Waals surface area contributed by atoms with Gasteiger partial charge in [0.1, 0.15) is 12.7 Å². The van der Waals surface area contributed by atoms with Crippen molar-refractivity contribution < 1.29 is 9.53 Å². The maximum Gasteiger partial charge on any atom is 0.248 e. The molecule has 1 amide bonds. The normalized spacial score (nSPS) is 14.6. The lowest BCUT2D eigenvalue weighted by Crippen LogP contribution is -2.43. The van der Waals surface area contributed by atoms with Crippen LogP contribution >= 0.6 is 0 Å². The molecule has 6 heteroatoms. The number of nitrogens with zero attached hydrogens (tertiary/aromatic N) is 3. The number of hydrogen-bond acceptors (Lipinski definition) is 4. The van der Waals surface area contributed by atoms with E-state index in [1.807, 2.05) is 47.3 Å². The van der Waals surface area contributed by atoms with Crippen LogP contribution in [-0.4, -0.2) is 48.2 Å². The molecule has 2 aromatic rings. The third-order valence-electron chi connectivity index (χ3n) is 3.82. The third kappa shape index (κ3) is 3.35. The zero-order valence-electron chi connectivity index (χ0n) is 12.7. The summed E-state index contributed by atoms with van der Waals surface area (Å²) in [5.41, 5.74) is 2.21. The van der Waals surface area contributed by atoms with Gasteiger partial charge in [-0.05, 0) is 24.3 Å². The predicted octanol–water partition coefficient (Wildman–Crippen LogP) is 1.62. The fourth-order valence-corrected chi connectivity index (χ4v) is 2.63. The van der Waals surface area contributed by atoms with Crippen LogP contribution in [0.1, 0.15) is 5.56 Å². The number of carbonyl (C=O) groups is 1. The number of benzene rings is 1. The summed E-state index contributed by atoms with van der Waals surface area (Å²) in [5.74, 6) is 0.0136. The van der Waals surface area contributed by atoms with Gasteiger partial charge >= 0.3 is 0 Å². The number of nitrogens with one attached hydrogen (secondary N) is 1. The van der Waals surface area contributed by atoms with E-state index in [2.05, 4.69) is 11.4 Å². The predicted molar refractivity (Wildman–Crippen MR) is 86.4 cm³/mol. The first-order valence-corrected chi connectivity index (χ1v) is 7.55. The maximum absolute atomic E-state index is 11.7. The average molecular weight is 310 g/mol. The highest BCUT2D eigenvalue weighted by atomic mass is 16.5. The van der Waals surface area contributed by atoms with E-state index in [9.17, 15) is 10.1 Å². The number of amides is 1. The Kier molecular flexibility index (Phi) is 4.60. The van der Waals surface area contributed by atoms with E-state index in [4.69, 9.17) is 4.74 Å². The molecule has 2 heterocycles. The molecular weight excluding hydrogens is 292 g/mol. The van der Waals surface area contributed by atoms with Crippen LogP contribution in [0.25, 0.3) is 5.69 Å². The van der Waals surface area contributed by atoms with Crippen LogP contribution in [0.5, 0.6) is 0 Å². The summed E-state index contributed by atoms with van der Waals surface area (Å²) in [6.07, 6.45) is 3.82. The number of hydrogen-bond donors (Lipinski definition) is 1. The summed E-state index contributed by atoms with van der Waals surface area (Å²) in [6, 6.07) is 11.8. The Morgan fingerprint density at radius 2 is 2.09 bits per heavy atom. The molecule has 0 aliphatic carbocycles. The summed E-state index contributed by atoms with van der Waals surface area (Å²) in [6.45, 7) is 2.55. The van der Waals surface area contributed by atoms with E-state index < -0.39 is 0 Å². The Morgan fingerprint density at radius 3 is 2.83 bits per heavy atom. The summed E-state index contributed by atoms with van der Waals surface area (Å²) in [7, 11) is 0. The van der Waals surface area contributed by atoms with Gasteiger partial charge in [-0.2, -0.15) is 5.26 Å². The Bertz CT molecular complexity index is 719. The van der Waals surface area contributed by atoms with Gasteiger partial charge in [0, 0.05) is 32.0 Å². The lowest BCUT2D eigenvalue weighted by atomic mass is 10.1. The quantitative estimate of drug-likeness (QED) is 0.911. The molecular formula is C17H18N4O2. The molecule has 118 valence electrons. The van der Waals surface area contributed by atoms with E-state index in [0.29, 0.717) is 31.8 Å². The summed E-state index contributed by atoms with van der Waals surface area (Å²) >= 11 is 0. The lowest BCUT2D eigenvalue weighted by molar-refractivity contribution is -0.142. The van der Waals surface area contributed by atoms with Crippen molar-refractivity contribution in [1.29, 1.82) is 5.26 Å². The van der Waals surface area contributed by atoms with Gasteiger partial charge in [0.05, 0.1) is 23.5 Å². The van der Waals surface area contributed by atoms with E-state index in [1.54, 1.807) is 4.90 Å². The Hall–Kier alpha value is -2.78. The highest BCUT2D eigenvalue weighted by molar-refractivity contribution is 5.78. The zero-order chi connectivity index (χ0) is 16.1. The van der Waals surface area contributed by atoms with Gasteiger partial charge in [-0.3, -0.25) is 4.79 Å². The van der Waals surface area contributed by atoms with Crippen molar-refractivity contribution >= 4 is 11.6 Å². The molecule has 0 saturated carbocycles. The highest BCUT2D eigenvalue weighted by Crippen LogP contribution is 2.22. The molecule has 1 aromatic heterocycles. The standard InChI is InChI=1S/C17H18N4O2/c18-12-14-15(4-3-5-16(14)20-7-1-2-8-20)19-6-9-21-10-11-23-13-17(21)22/h1-5,7-8,19H,6,9-11,13H2. The number of anilines is 1. The van der Waals surface area contributed by atoms with Crippen LogP contribution in [-0.2, 0) is 9.53 Å². The number of ether oxygens (including phenoxy) is 1. The Morgan fingerprint density at radius 1 is 1.26 bits per heavy atom. The second-order valence-corrected chi connectivity index (χ2v) is 5.26. The molecule has 1 aliphatic rings. The second kappa shape index (κ2) is 6.99. The lowest BCUT2D eigenvalue weighted by Gasteiger charge is -2.27.